The van der Waals surface area contributed by atoms with Crippen molar-refractivity contribution in [3.05, 3.63) is 0 Å². The molecule has 62 valence electrons. The molecule has 0 aromatic carbocycles. The molecule has 0 aromatic heterocycles. The van der Waals surface area contributed by atoms with Gasteiger partial charge in [-0.2, -0.15) is 5.26 Å². The van der Waals surface area contributed by atoms with E-state index < -0.39 is 0 Å². The lowest BCUT2D eigenvalue weighted by molar-refractivity contribution is 0.146. The fraction of sp³-hybridized carbons (Fsp3) is 0.889. The SMILES string of the molecule is CC(C)(C)N1CCCC1C#N. The van der Waals surface area contributed by atoms with E-state index in [9.17, 15) is 0 Å². The predicted octanol–water partition coefficient (Wildman–Crippen LogP) is 1.77. The van der Waals surface area contributed by atoms with Gasteiger partial charge in [0.25, 0.3) is 0 Å². The number of rotatable bonds is 0. The maximum absolute atomic E-state index is 8.81. The van der Waals surface area contributed by atoms with E-state index >= 15 is 0 Å². The first-order valence-corrected chi connectivity index (χ1v) is 4.22. The van der Waals surface area contributed by atoms with Crippen LogP contribution in [0.2, 0.25) is 0 Å². The Bertz CT molecular complexity index is 173. The Hall–Kier alpha value is -0.550. The lowest BCUT2D eigenvalue weighted by atomic mass is 10.1. The number of hydrogen-bond donors (Lipinski definition) is 0. The van der Waals surface area contributed by atoms with Crippen LogP contribution in [-0.4, -0.2) is 23.0 Å². The Morgan fingerprint density at radius 3 is 2.45 bits per heavy atom. The van der Waals surface area contributed by atoms with Crippen LogP contribution in [0.15, 0.2) is 0 Å². The van der Waals surface area contributed by atoms with Crippen LogP contribution in [-0.2, 0) is 0 Å². The molecule has 2 nitrogen and oxygen atoms in total. The minimum absolute atomic E-state index is 0.162. The van der Waals surface area contributed by atoms with Crippen LogP contribution in [0.5, 0.6) is 0 Å². The molecule has 0 amide bonds. The highest BCUT2D eigenvalue weighted by Crippen LogP contribution is 2.25. The summed E-state index contributed by atoms with van der Waals surface area (Å²) in [5.74, 6) is 0. The Labute approximate surface area is 68.8 Å². The third-order valence-electron chi connectivity index (χ3n) is 2.26. The van der Waals surface area contributed by atoms with Crippen LogP contribution in [0.4, 0.5) is 0 Å². The van der Waals surface area contributed by atoms with E-state index in [-0.39, 0.29) is 11.6 Å². The molecule has 0 radical (unpaired) electrons. The van der Waals surface area contributed by atoms with Crippen molar-refractivity contribution in [2.75, 3.05) is 6.54 Å². The summed E-state index contributed by atoms with van der Waals surface area (Å²) in [6.07, 6.45) is 2.23. The van der Waals surface area contributed by atoms with Crippen molar-refractivity contribution >= 4 is 0 Å². The van der Waals surface area contributed by atoms with Gasteiger partial charge in [0.2, 0.25) is 0 Å². The first-order valence-electron chi connectivity index (χ1n) is 4.22. The first-order chi connectivity index (χ1) is 5.05. The zero-order chi connectivity index (χ0) is 8.48. The van der Waals surface area contributed by atoms with Crippen molar-refractivity contribution in [2.24, 2.45) is 0 Å². The molecular weight excluding hydrogens is 136 g/mol. The Balaban J connectivity index is 2.66. The minimum Gasteiger partial charge on any atom is -0.283 e. The molecule has 0 saturated carbocycles. The molecular formula is C9H16N2. The molecule has 1 aliphatic heterocycles. The average Bonchev–Trinajstić information content (AvgIpc) is 2.31. The van der Waals surface area contributed by atoms with Crippen molar-refractivity contribution in [2.45, 2.75) is 45.2 Å². The highest BCUT2D eigenvalue weighted by Gasteiger charge is 2.32. The normalized spacial score (nSPS) is 26.9. The molecule has 1 atom stereocenters. The first kappa shape index (κ1) is 8.55. The van der Waals surface area contributed by atoms with Gasteiger partial charge in [-0.1, -0.05) is 0 Å². The second kappa shape index (κ2) is 2.83. The quantitative estimate of drug-likeness (QED) is 0.529. The molecule has 1 saturated heterocycles. The fourth-order valence-corrected chi connectivity index (χ4v) is 1.70. The summed E-state index contributed by atoms with van der Waals surface area (Å²) < 4.78 is 0. The van der Waals surface area contributed by atoms with Crippen LogP contribution < -0.4 is 0 Å². The van der Waals surface area contributed by atoms with E-state index in [4.69, 9.17) is 5.26 Å². The molecule has 0 aliphatic carbocycles. The zero-order valence-corrected chi connectivity index (χ0v) is 7.59. The molecule has 1 aliphatic rings. The number of nitrogens with zero attached hydrogens (tertiary/aromatic N) is 2. The van der Waals surface area contributed by atoms with Crippen LogP contribution in [0.25, 0.3) is 0 Å². The van der Waals surface area contributed by atoms with Crippen molar-refractivity contribution in [1.82, 2.24) is 4.90 Å². The van der Waals surface area contributed by atoms with Gasteiger partial charge < -0.3 is 0 Å². The Kier molecular flexibility index (Phi) is 2.20. The topological polar surface area (TPSA) is 27.0 Å². The Morgan fingerprint density at radius 1 is 1.45 bits per heavy atom. The second-order valence-corrected chi connectivity index (χ2v) is 4.15. The lowest BCUT2D eigenvalue weighted by Crippen LogP contribution is -2.43. The average molecular weight is 152 g/mol. The third kappa shape index (κ3) is 1.72. The lowest BCUT2D eigenvalue weighted by Gasteiger charge is -2.33. The smallest absolute Gasteiger partial charge is 0.0982 e. The van der Waals surface area contributed by atoms with Gasteiger partial charge in [-0.15, -0.1) is 0 Å². The van der Waals surface area contributed by atoms with Gasteiger partial charge in [0.1, 0.15) is 0 Å². The fourth-order valence-electron chi connectivity index (χ4n) is 1.70. The van der Waals surface area contributed by atoms with E-state index in [1.54, 1.807) is 0 Å². The molecule has 1 rings (SSSR count). The summed E-state index contributed by atoms with van der Waals surface area (Å²) in [5.41, 5.74) is 0.164. The summed E-state index contributed by atoms with van der Waals surface area (Å²) in [6.45, 7) is 7.59. The van der Waals surface area contributed by atoms with Crippen molar-refractivity contribution in [3.8, 4) is 6.07 Å². The van der Waals surface area contributed by atoms with E-state index in [1.807, 2.05) is 0 Å². The molecule has 1 unspecified atom stereocenters. The molecule has 0 bridgehead atoms. The third-order valence-corrected chi connectivity index (χ3v) is 2.26. The number of likely N-dealkylation sites (tertiary alicyclic amines) is 1. The summed E-state index contributed by atoms with van der Waals surface area (Å²) >= 11 is 0. The van der Waals surface area contributed by atoms with Crippen LogP contribution in [0, 0.1) is 11.3 Å². The van der Waals surface area contributed by atoms with Crippen molar-refractivity contribution in [3.63, 3.8) is 0 Å². The van der Waals surface area contributed by atoms with Crippen LogP contribution in [0.1, 0.15) is 33.6 Å². The molecule has 0 spiro atoms. The monoisotopic (exact) mass is 152 g/mol. The molecule has 0 N–H and O–H groups in total. The largest absolute Gasteiger partial charge is 0.283 e. The zero-order valence-electron chi connectivity index (χ0n) is 7.59. The van der Waals surface area contributed by atoms with Crippen molar-refractivity contribution < 1.29 is 0 Å². The minimum atomic E-state index is 0.162. The summed E-state index contributed by atoms with van der Waals surface area (Å²) in [4.78, 5) is 2.28. The van der Waals surface area contributed by atoms with Gasteiger partial charge in [0.15, 0.2) is 0 Å². The standard InChI is InChI=1S/C9H16N2/c1-9(2,3)11-6-4-5-8(11)7-10/h8H,4-6H2,1-3H3. The van der Waals surface area contributed by atoms with Gasteiger partial charge >= 0.3 is 0 Å². The molecule has 1 fully saturated rings. The highest BCUT2D eigenvalue weighted by molar-refractivity contribution is 4.99. The summed E-state index contributed by atoms with van der Waals surface area (Å²) in [5, 5.41) is 8.81. The summed E-state index contributed by atoms with van der Waals surface area (Å²) in [6, 6.07) is 2.51. The van der Waals surface area contributed by atoms with Crippen LogP contribution in [0.3, 0.4) is 0 Å². The highest BCUT2D eigenvalue weighted by atomic mass is 15.2. The predicted molar refractivity (Wildman–Crippen MR) is 45.1 cm³/mol. The maximum Gasteiger partial charge on any atom is 0.0982 e. The maximum atomic E-state index is 8.81. The van der Waals surface area contributed by atoms with E-state index in [1.165, 1.54) is 6.42 Å². The summed E-state index contributed by atoms with van der Waals surface area (Å²) in [7, 11) is 0. The molecule has 2 heteroatoms. The number of nitriles is 1. The number of hydrogen-bond acceptors (Lipinski definition) is 2. The molecule has 11 heavy (non-hydrogen) atoms. The van der Waals surface area contributed by atoms with Crippen LogP contribution >= 0.6 is 0 Å². The van der Waals surface area contributed by atoms with Gasteiger partial charge in [-0.05, 0) is 33.6 Å². The van der Waals surface area contributed by atoms with E-state index in [2.05, 4.69) is 31.7 Å². The van der Waals surface area contributed by atoms with E-state index in [0.29, 0.717) is 0 Å². The van der Waals surface area contributed by atoms with Gasteiger partial charge in [-0.3, -0.25) is 4.90 Å². The van der Waals surface area contributed by atoms with Gasteiger partial charge in [0, 0.05) is 12.1 Å². The second-order valence-electron chi connectivity index (χ2n) is 4.15. The molecule has 1 heterocycles. The van der Waals surface area contributed by atoms with E-state index in [0.717, 1.165) is 13.0 Å². The Morgan fingerprint density at radius 2 is 2.09 bits per heavy atom. The molecule has 0 aromatic rings. The van der Waals surface area contributed by atoms with Gasteiger partial charge in [-0.25, -0.2) is 0 Å². The van der Waals surface area contributed by atoms with Gasteiger partial charge in [0.05, 0.1) is 12.1 Å². The van der Waals surface area contributed by atoms with Crippen molar-refractivity contribution in [1.29, 1.82) is 5.26 Å².